The lowest BCUT2D eigenvalue weighted by molar-refractivity contribution is -0.139. The second kappa shape index (κ2) is 12.6. The number of nitrogens with zero attached hydrogens (tertiary/aromatic N) is 2. The van der Waals surface area contributed by atoms with Gasteiger partial charge in [0.2, 0.25) is 21.8 Å². The molecule has 0 heterocycles. The minimum absolute atomic E-state index is 0.106. The lowest BCUT2D eigenvalue weighted by Crippen LogP contribution is -2.53. The Morgan fingerprint density at radius 2 is 1.65 bits per heavy atom. The molecule has 1 atom stereocenters. The van der Waals surface area contributed by atoms with Gasteiger partial charge in [0, 0.05) is 29.5 Å². The Morgan fingerprint density at radius 1 is 1.00 bits per heavy atom. The molecule has 1 unspecified atom stereocenters. The lowest BCUT2D eigenvalue weighted by atomic mass is 10.0. The summed E-state index contributed by atoms with van der Waals surface area (Å²) in [6, 6.07) is 20.8. The number of amides is 2. The zero-order chi connectivity index (χ0) is 27.2. The maximum atomic E-state index is 13.9. The highest BCUT2D eigenvalue weighted by molar-refractivity contribution is 9.10. The van der Waals surface area contributed by atoms with Gasteiger partial charge in [-0.15, -0.1) is 0 Å². The molecule has 0 fully saturated rings. The standard InChI is InChI=1S/C27H29BrClN3O4S/c1-19-23(29)13-8-14-24(19)32(37(3,35)36)18-26(33)31(17-21-11-7-12-22(28)15-21)25(27(34)30-2)16-20-9-5-4-6-10-20/h4-15,25H,16-18H2,1-3H3,(H,30,34). The number of carbonyl (C=O) groups is 2. The third-order valence-corrected chi connectivity index (χ3v) is 7.98. The van der Waals surface area contributed by atoms with E-state index in [0.29, 0.717) is 16.3 Å². The predicted molar refractivity (Wildman–Crippen MR) is 151 cm³/mol. The topological polar surface area (TPSA) is 86.8 Å². The molecule has 3 rings (SSSR count). The first-order chi connectivity index (χ1) is 17.5. The van der Waals surface area contributed by atoms with E-state index in [1.54, 1.807) is 25.1 Å². The van der Waals surface area contributed by atoms with E-state index >= 15 is 0 Å². The summed E-state index contributed by atoms with van der Waals surface area (Å²) < 4.78 is 27.5. The van der Waals surface area contributed by atoms with Crippen LogP contribution in [0.5, 0.6) is 0 Å². The second-order valence-electron chi connectivity index (χ2n) is 8.62. The van der Waals surface area contributed by atoms with Crippen molar-refractivity contribution in [3.8, 4) is 0 Å². The Labute approximate surface area is 231 Å². The molecule has 37 heavy (non-hydrogen) atoms. The van der Waals surface area contributed by atoms with Crippen molar-refractivity contribution >= 4 is 55.1 Å². The zero-order valence-corrected chi connectivity index (χ0v) is 24.0. The predicted octanol–water partition coefficient (Wildman–Crippen LogP) is 4.56. The summed E-state index contributed by atoms with van der Waals surface area (Å²) in [4.78, 5) is 28.4. The van der Waals surface area contributed by atoms with Crippen LogP contribution in [0.15, 0.2) is 77.3 Å². The average Bonchev–Trinajstić information content (AvgIpc) is 2.86. The largest absolute Gasteiger partial charge is 0.357 e. The molecule has 10 heteroatoms. The summed E-state index contributed by atoms with van der Waals surface area (Å²) in [6.07, 6.45) is 1.30. The van der Waals surface area contributed by atoms with E-state index in [9.17, 15) is 18.0 Å². The summed E-state index contributed by atoms with van der Waals surface area (Å²) in [7, 11) is -2.34. The molecule has 196 valence electrons. The molecule has 0 radical (unpaired) electrons. The van der Waals surface area contributed by atoms with Gasteiger partial charge in [-0.3, -0.25) is 13.9 Å². The fraction of sp³-hybridized carbons (Fsp3) is 0.259. The van der Waals surface area contributed by atoms with Crippen LogP contribution in [0.4, 0.5) is 5.69 Å². The van der Waals surface area contributed by atoms with E-state index in [4.69, 9.17) is 11.6 Å². The fourth-order valence-corrected chi connectivity index (χ4v) is 5.53. The number of likely N-dealkylation sites (N-methyl/N-ethyl adjacent to an activating group) is 1. The van der Waals surface area contributed by atoms with E-state index < -0.39 is 28.5 Å². The number of nitrogens with one attached hydrogen (secondary N) is 1. The average molecular weight is 607 g/mol. The number of hydrogen-bond acceptors (Lipinski definition) is 4. The highest BCUT2D eigenvalue weighted by Crippen LogP contribution is 2.28. The molecule has 0 aromatic heterocycles. The minimum atomic E-state index is -3.86. The van der Waals surface area contributed by atoms with Gasteiger partial charge in [-0.05, 0) is 47.9 Å². The summed E-state index contributed by atoms with van der Waals surface area (Å²) in [5.41, 5.74) is 2.50. The van der Waals surface area contributed by atoms with Crippen LogP contribution in [0.1, 0.15) is 16.7 Å². The van der Waals surface area contributed by atoms with Crippen molar-refractivity contribution in [2.75, 3.05) is 24.2 Å². The van der Waals surface area contributed by atoms with Crippen LogP contribution in [0, 0.1) is 6.92 Å². The zero-order valence-electron chi connectivity index (χ0n) is 20.8. The second-order valence-corrected chi connectivity index (χ2v) is 11.9. The van der Waals surface area contributed by atoms with E-state index in [-0.39, 0.29) is 18.9 Å². The summed E-state index contributed by atoms with van der Waals surface area (Å²) in [5.74, 6) is -0.869. The molecule has 0 bridgehead atoms. The molecule has 0 aliphatic rings. The summed E-state index contributed by atoms with van der Waals surface area (Å²) in [6.45, 7) is 1.31. The monoisotopic (exact) mass is 605 g/mol. The van der Waals surface area contributed by atoms with E-state index in [1.165, 1.54) is 11.9 Å². The van der Waals surface area contributed by atoms with E-state index in [2.05, 4.69) is 21.2 Å². The molecule has 0 aliphatic carbocycles. The number of sulfonamides is 1. The van der Waals surface area contributed by atoms with Crippen LogP contribution in [-0.2, 0) is 32.6 Å². The van der Waals surface area contributed by atoms with Crippen molar-refractivity contribution in [3.63, 3.8) is 0 Å². The van der Waals surface area contributed by atoms with Crippen LogP contribution >= 0.6 is 27.5 Å². The van der Waals surface area contributed by atoms with Crippen LogP contribution in [0.25, 0.3) is 0 Å². The van der Waals surface area contributed by atoms with Gasteiger partial charge in [0.05, 0.1) is 11.9 Å². The van der Waals surface area contributed by atoms with Crippen molar-refractivity contribution in [3.05, 3.63) is 99.0 Å². The lowest BCUT2D eigenvalue weighted by Gasteiger charge is -2.33. The Hall–Kier alpha value is -2.88. The SMILES string of the molecule is CNC(=O)C(Cc1ccccc1)N(Cc1cccc(Br)c1)C(=O)CN(c1cccc(Cl)c1C)S(C)(=O)=O. The number of rotatable bonds is 10. The Balaban J connectivity index is 2.06. The Bertz CT molecular complexity index is 1370. The molecule has 3 aromatic rings. The van der Waals surface area contributed by atoms with Gasteiger partial charge in [0.1, 0.15) is 12.6 Å². The summed E-state index contributed by atoms with van der Waals surface area (Å²) >= 11 is 9.71. The molecule has 1 N–H and O–H groups in total. The van der Waals surface area contributed by atoms with Gasteiger partial charge < -0.3 is 10.2 Å². The van der Waals surface area contributed by atoms with Crippen molar-refractivity contribution in [2.45, 2.75) is 25.9 Å². The molecule has 0 aliphatic heterocycles. The van der Waals surface area contributed by atoms with Gasteiger partial charge in [-0.1, -0.05) is 76.1 Å². The molecule has 0 saturated heterocycles. The highest BCUT2D eigenvalue weighted by Gasteiger charge is 2.33. The van der Waals surface area contributed by atoms with Crippen LogP contribution in [-0.4, -0.2) is 51.0 Å². The van der Waals surface area contributed by atoms with Gasteiger partial charge in [-0.25, -0.2) is 8.42 Å². The maximum Gasteiger partial charge on any atom is 0.244 e. The third kappa shape index (κ3) is 7.56. The van der Waals surface area contributed by atoms with Crippen LogP contribution < -0.4 is 9.62 Å². The van der Waals surface area contributed by atoms with Crippen LogP contribution in [0.3, 0.4) is 0 Å². The normalized spacial score (nSPS) is 12.0. The van der Waals surface area contributed by atoms with Crippen molar-refractivity contribution < 1.29 is 18.0 Å². The molecule has 0 saturated carbocycles. The maximum absolute atomic E-state index is 13.9. The molecular weight excluding hydrogens is 578 g/mol. The third-order valence-electron chi connectivity index (χ3n) is 5.95. The van der Waals surface area contributed by atoms with Gasteiger partial charge >= 0.3 is 0 Å². The van der Waals surface area contributed by atoms with Crippen LogP contribution in [0.2, 0.25) is 5.02 Å². The van der Waals surface area contributed by atoms with E-state index in [1.807, 2.05) is 54.6 Å². The first-order valence-electron chi connectivity index (χ1n) is 11.5. The number of hydrogen-bond donors (Lipinski definition) is 1. The molecule has 3 aromatic carbocycles. The highest BCUT2D eigenvalue weighted by atomic mass is 79.9. The van der Waals surface area contributed by atoms with Crippen molar-refractivity contribution in [1.82, 2.24) is 10.2 Å². The van der Waals surface area contributed by atoms with Gasteiger partial charge in [0.15, 0.2) is 0 Å². The Morgan fingerprint density at radius 3 is 2.27 bits per heavy atom. The first kappa shape index (κ1) is 28.7. The van der Waals surface area contributed by atoms with Gasteiger partial charge in [0.25, 0.3) is 0 Å². The number of anilines is 1. The smallest absolute Gasteiger partial charge is 0.244 e. The summed E-state index contributed by atoms with van der Waals surface area (Å²) in [5, 5.41) is 3.04. The molecule has 2 amide bonds. The fourth-order valence-electron chi connectivity index (χ4n) is 4.01. The molecule has 0 spiro atoms. The van der Waals surface area contributed by atoms with Crippen molar-refractivity contribution in [1.29, 1.82) is 0 Å². The van der Waals surface area contributed by atoms with Crippen molar-refractivity contribution in [2.24, 2.45) is 0 Å². The quantitative estimate of drug-likeness (QED) is 0.367. The first-order valence-corrected chi connectivity index (χ1v) is 14.6. The number of benzene rings is 3. The molecule has 7 nitrogen and oxygen atoms in total. The minimum Gasteiger partial charge on any atom is -0.357 e. The number of carbonyl (C=O) groups excluding carboxylic acids is 2. The van der Waals surface area contributed by atoms with Gasteiger partial charge in [-0.2, -0.15) is 0 Å². The molecular formula is C27H29BrClN3O4S. The van der Waals surface area contributed by atoms with E-state index in [0.717, 1.165) is 26.2 Å². The number of halogens is 2. The Kier molecular flexibility index (Phi) is 9.75.